The van der Waals surface area contributed by atoms with Crippen LogP contribution in [-0.4, -0.2) is 41.6 Å². The number of hydrogen-bond donors (Lipinski definition) is 2. The van der Waals surface area contributed by atoms with Crippen LogP contribution in [0.1, 0.15) is 13.8 Å². The normalized spacial score (nSPS) is 13.0. The second-order valence-corrected chi connectivity index (χ2v) is 4.48. The van der Waals surface area contributed by atoms with Crippen molar-refractivity contribution in [2.45, 2.75) is 39.6 Å². The van der Waals surface area contributed by atoms with Crippen LogP contribution in [0.3, 0.4) is 0 Å². The van der Waals surface area contributed by atoms with Gasteiger partial charge in [0.25, 0.3) is 5.56 Å². The fourth-order valence-corrected chi connectivity index (χ4v) is 2.23. The Hall–Kier alpha value is -1.93. The Morgan fingerprint density at radius 3 is 2.45 bits per heavy atom. The van der Waals surface area contributed by atoms with E-state index >= 15 is 0 Å². The minimum Gasteiger partial charge on any atom is -0.394 e. The van der Waals surface area contributed by atoms with Gasteiger partial charge in [-0.3, -0.25) is 13.9 Å². The maximum atomic E-state index is 12.3. The highest BCUT2D eigenvalue weighted by Gasteiger charge is 2.17. The minimum atomic E-state index is -0.983. The molecule has 0 saturated heterocycles. The summed E-state index contributed by atoms with van der Waals surface area (Å²) < 4.78 is 4.02. The Morgan fingerprint density at radius 1 is 1.25 bits per heavy atom. The van der Waals surface area contributed by atoms with Gasteiger partial charge in [-0.25, -0.2) is 9.78 Å². The molecule has 0 fully saturated rings. The fourth-order valence-electron chi connectivity index (χ4n) is 2.23. The lowest BCUT2D eigenvalue weighted by molar-refractivity contribution is 0.0820. The van der Waals surface area contributed by atoms with E-state index in [1.165, 1.54) is 15.5 Å². The van der Waals surface area contributed by atoms with Gasteiger partial charge in [-0.05, 0) is 13.8 Å². The van der Waals surface area contributed by atoms with E-state index in [9.17, 15) is 14.7 Å². The van der Waals surface area contributed by atoms with Crippen LogP contribution in [0.2, 0.25) is 0 Å². The van der Waals surface area contributed by atoms with Crippen molar-refractivity contribution in [3.8, 4) is 0 Å². The van der Waals surface area contributed by atoms with Gasteiger partial charge in [0.15, 0.2) is 11.2 Å². The zero-order valence-corrected chi connectivity index (χ0v) is 11.5. The van der Waals surface area contributed by atoms with Crippen molar-refractivity contribution in [2.75, 3.05) is 6.61 Å². The largest absolute Gasteiger partial charge is 0.394 e. The smallest absolute Gasteiger partial charge is 0.332 e. The van der Waals surface area contributed by atoms with Crippen LogP contribution in [0, 0.1) is 0 Å². The average Bonchev–Trinajstić information content (AvgIpc) is 2.83. The third kappa shape index (κ3) is 2.16. The molecule has 0 amide bonds. The zero-order chi connectivity index (χ0) is 14.9. The molecule has 0 radical (unpaired) electrons. The molecule has 0 bridgehead atoms. The highest BCUT2D eigenvalue weighted by Crippen LogP contribution is 2.07. The number of aliphatic hydroxyl groups excluding tert-OH is 2. The summed E-state index contributed by atoms with van der Waals surface area (Å²) >= 11 is 0. The van der Waals surface area contributed by atoms with Crippen LogP contribution in [0.25, 0.3) is 11.2 Å². The first-order valence-corrected chi connectivity index (χ1v) is 6.52. The van der Waals surface area contributed by atoms with Gasteiger partial charge in [0.2, 0.25) is 0 Å². The molecule has 2 aromatic rings. The Balaban J connectivity index is 2.77. The number of aryl methyl sites for hydroxylation is 1. The summed E-state index contributed by atoms with van der Waals surface area (Å²) in [5, 5.41) is 18.4. The molecule has 0 aliphatic heterocycles. The van der Waals surface area contributed by atoms with Gasteiger partial charge >= 0.3 is 5.69 Å². The van der Waals surface area contributed by atoms with Gasteiger partial charge in [0.1, 0.15) is 0 Å². The number of fused-ring (bicyclic) bond motifs is 1. The summed E-state index contributed by atoms with van der Waals surface area (Å²) in [6.07, 6.45) is 0.417. The zero-order valence-electron chi connectivity index (χ0n) is 11.5. The van der Waals surface area contributed by atoms with E-state index in [1.54, 1.807) is 13.8 Å². The molecule has 2 heterocycles. The Kier molecular flexibility index (Phi) is 4.05. The van der Waals surface area contributed by atoms with Crippen molar-refractivity contribution in [3.63, 3.8) is 0 Å². The van der Waals surface area contributed by atoms with Gasteiger partial charge in [-0.2, -0.15) is 0 Å². The number of aromatic nitrogens is 4. The molecule has 110 valence electrons. The van der Waals surface area contributed by atoms with Crippen molar-refractivity contribution < 1.29 is 10.2 Å². The second kappa shape index (κ2) is 5.59. The van der Waals surface area contributed by atoms with Crippen molar-refractivity contribution in [1.29, 1.82) is 0 Å². The van der Waals surface area contributed by atoms with Crippen molar-refractivity contribution in [1.82, 2.24) is 18.7 Å². The van der Waals surface area contributed by atoms with E-state index in [1.807, 2.05) is 0 Å². The number of rotatable bonds is 5. The lowest BCUT2D eigenvalue weighted by Gasteiger charge is -2.11. The molecule has 0 aromatic carbocycles. The molecular formula is C12H18N4O4. The number of hydrogen-bond acceptors (Lipinski definition) is 5. The molecule has 0 aliphatic rings. The van der Waals surface area contributed by atoms with E-state index in [2.05, 4.69) is 4.98 Å². The molecule has 0 aliphatic carbocycles. The molecule has 8 nitrogen and oxygen atoms in total. The summed E-state index contributed by atoms with van der Waals surface area (Å²) in [7, 11) is 0. The SMILES string of the molecule is CCn1c(=O)c2c(ncn2CC(O)CO)n(CC)c1=O. The highest BCUT2D eigenvalue weighted by atomic mass is 16.3. The standard InChI is InChI=1S/C12H18N4O4/c1-3-15-10-9(11(19)16(4-2)12(15)20)14(7-13-10)5-8(18)6-17/h7-8,17-18H,3-6H2,1-2H3. The molecule has 0 spiro atoms. The highest BCUT2D eigenvalue weighted by molar-refractivity contribution is 5.70. The first kappa shape index (κ1) is 14.5. The van der Waals surface area contributed by atoms with Gasteiger partial charge in [0, 0.05) is 13.1 Å². The van der Waals surface area contributed by atoms with Gasteiger partial charge in [-0.15, -0.1) is 0 Å². The lowest BCUT2D eigenvalue weighted by Crippen LogP contribution is -2.40. The van der Waals surface area contributed by atoms with E-state index in [0.717, 1.165) is 4.57 Å². The maximum absolute atomic E-state index is 12.3. The van der Waals surface area contributed by atoms with Crippen molar-refractivity contribution in [3.05, 3.63) is 27.2 Å². The molecule has 1 atom stereocenters. The number of aliphatic hydroxyl groups is 2. The van der Waals surface area contributed by atoms with Crippen LogP contribution < -0.4 is 11.2 Å². The van der Waals surface area contributed by atoms with Crippen molar-refractivity contribution in [2.24, 2.45) is 0 Å². The minimum absolute atomic E-state index is 0.0495. The fraction of sp³-hybridized carbons (Fsp3) is 0.583. The summed E-state index contributed by atoms with van der Waals surface area (Å²) in [6.45, 7) is 3.82. The molecule has 20 heavy (non-hydrogen) atoms. The summed E-state index contributed by atoms with van der Waals surface area (Å²) in [4.78, 5) is 28.6. The van der Waals surface area contributed by atoms with Crippen molar-refractivity contribution >= 4 is 11.2 Å². The summed E-state index contributed by atoms with van der Waals surface area (Å²) in [5.41, 5.74) is -0.251. The second-order valence-electron chi connectivity index (χ2n) is 4.48. The summed E-state index contributed by atoms with van der Waals surface area (Å²) in [6, 6.07) is 0. The van der Waals surface area contributed by atoms with Gasteiger partial charge in [0.05, 0.1) is 25.6 Å². The molecule has 0 saturated carbocycles. The van der Waals surface area contributed by atoms with E-state index in [0.29, 0.717) is 12.2 Å². The van der Waals surface area contributed by atoms with Gasteiger partial charge < -0.3 is 14.8 Å². The maximum Gasteiger partial charge on any atom is 0.332 e. The third-order valence-corrected chi connectivity index (χ3v) is 3.23. The average molecular weight is 282 g/mol. The monoisotopic (exact) mass is 282 g/mol. The van der Waals surface area contributed by atoms with E-state index < -0.39 is 18.3 Å². The molecule has 2 rings (SSSR count). The third-order valence-electron chi connectivity index (χ3n) is 3.23. The molecule has 1 unspecified atom stereocenters. The first-order chi connectivity index (χ1) is 9.54. The predicted octanol–water partition coefficient (Wildman–Crippen LogP) is -1.25. The molecule has 2 N–H and O–H groups in total. The number of imidazole rings is 1. The van der Waals surface area contributed by atoms with Crippen LogP contribution in [0.5, 0.6) is 0 Å². The molecule has 2 aromatic heterocycles. The van der Waals surface area contributed by atoms with E-state index in [-0.39, 0.29) is 24.3 Å². The van der Waals surface area contributed by atoms with Crippen LogP contribution in [0.15, 0.2) is 15.9 Å². The Bertz CT molecular complexity index is 727. The summed E-state index contributed by atoms with van der Waals surface area (Å²) in [5.74, 6) is 0. The van der Waals surface area contributed by atoms with Crippen LogP contribution in [-0.2, 0) is 19.6 Å². The van der Waals surface area contributed by atoms with Crippen LogP contribution >= 0.6 is 0 Å². The quantitative estimate of drug-likeness (QED) is 0.713. The first-order valence-electron chi connectivity index (χ1n) is 6.52. The topological polar surface area (TPSA) is 102 Å². The lowest BCUT2D eigenvalue weighted by atomic mass is 10.3. The Morgan fingerprint density at radius 2 is 1.90 bits per heavy atom. The van der Waals surface area contributed by atoms with E-state index in [4.69, 9.17) is 5.11 Å². The number of nitrogens with zero attached hydrogens (tertiary/aromatic N) is 4. The Labute approximate surface area is 114 Å². The van der Waals surface area contributed by atoms with Gasteiger partial charge in [-0.1, -0.05) is 0 Å². The molecular weight excluding hydrogens is 264 g/mol. The molecule has 8 heteroatoms. The van der Waals surface area contributed by atoms with Crippen LogP contribution in [0.4, 0.5) is 0 Å². The predicted molar refractivity (Wildman–Crippen MR) is 72.7 cm³/mol.